The predicted octanol–water partition coefficient (Wildman–Crippen LogP) is 2.45. The monoisotopic (exact) mass is 225 g/mol. The zero-order chi connectivity index (χ0) is 10.7. The van der Waals surface area contributed by atoms with E-state index >= 15 is 0 Å². The normalized spacial score (nSPS) is 28.1. The largest absolute Gasteiger partial charge is 0.377 e. The summed E-state index contributed by atoms with van der Waals surface area (Å²) >= 11 is 1.77. The standard InChI is InChI=1S/C12H19NOS/c1-9(7-11-4-6-15-8-11)13-12-3-5-14-10(12)2/h4,6,8-10,12-13H,3,5,7H2,1-2H3. The van der Waals surface area contributed by atoms with Crippen molar-refractivity contribution in [3.8, 4) is 0 Å². The van der Waals surface area contributed by atoms with Gasteiger partial charge in [0.25, 0.3) is 0 Å². The van der Waals surface area contributed by atoms with Crippen molar-refractivity contribution >= 4 is 11.3 Å². The van der Waals surface area contributed by atoms with Crippen LogP contribution >= 0.6 is 11.3 Å². The minimum absolute atomic E-state index is 0.370. The summed E-state index contributed by atoms with van der Waals surface area (Å²) in [7, 11) is 0. The lowest BCUT2D eigenvalue weighted by molar-refractivity contribution is 0.111. The molecule has 3 atom stereocenters. The summed E-state index contributed by atoms with van der Waals surface area (Å²) in [6.07, 6.45) is 2.64. The maximum absolute atomic E-state index is 5.54. The summed E-state index contributed by atoms with van der Waals surface area (Å²) in [6.45, 7) is 5.31. The van der Waals surface area contributed by atoms with Crippen LogP contribution in [0.5, 0.6) is 0 Å². The van der Waals surface area contributed by atoms with Crippen molar-refractivity contribution in [1.82, 2.24) is 5.32 Å². The fourth-order valence-corrected chi connectivity index (χ4v) is 2.82. The van der Waals surface area contributed by atoms with E-state index in [-0.39, 0.29) is 0 Å². The first-order valence-electron chi connectivity index (χ1n) is 5.64. The second-order valence-electron chi connectivity index (χ2n) is 4.37. The Morgan fingerprint density at radius 3 is 3.13 bits per heavy atom. The van der Waals surface area contributed by atoms with Crippen molar-refractivity contribution in [2.24, 2.45) is 0 Å². The van der Waals surface area contributed by atoms with Gasteiger partial charge in [-0.3, -0.25) is 0 Å². The molecule has 0 bridgehead atoms. The lowest BCUT2D eigenvalue weighted by Gasteiger charge is -2.21. The molecule has 3 unspecified atom stereocenters. The van der Waals surface area contributed by atoms with Crippen molar-refractivity contribution in [3.63, 3.8) is 0 Å². The van der Waals surface area contributed by atoms with Gasteiger partial charge in [0.05, 0.1) is 6.10 Å². The van der Waals surface area contributed by atoms with E-state index in [1.165, 1.54) is 5.56 Å². The maximum Gasteiger partial charge on any atom is 0.0700 e. The molecule has 2 rings (SSSR count). The fourth-order valence-electron chi connectivity index (χ4n) is 2.14. The highest BCUT2D eigenvalue weighted by Crippen LogP contribution is 2.15. The van der Waals surface area contributed by atoms with Gasteiger partial charge in [0.15, 0.2) is 0 Å². The maximum atomic E-state index is 5.54. The van der Waals surface area contributed by atoms with Crippen molar-refractivity contribution in [1.29, 1.82) is 0 Å². The van der Waals surface area contributed by atoms with E-state index in [2.05, 4.69) is 36.0 Å². The van der Waals surface area contributed by atoms with Crippen LogP contribution in [0.1, 0.15) is 25.8 Å². The highest BCUT2D eigenvalue weighted by Gasteiger charge is 2.24. The van der Waals surface area contributed by atoms with Crippen LogP contribution in [0, 0.1) is 0 Å². The van der Waals surface area contributed by atoms with Gasteiger partial charge in [-0.25, -0.2) is 0 Å². The van der Waals surface area contributed by atoms with Gasteiger partial charge < -0.3 is 10.1 Å². The number of hydrogen-bond acceptors (Lipinski definition) is 3. The third-order valence-corrected chi connectivity index (χ3v) is 3.73. The number of ether oxygens (including phenoxy) is 1. The zero-order valence-corrected chi connectivity index (χ0v) is 10.2. The third kappa shape index (κ3) is 3.03. The quantitative estimate of drug-likeness (QED) is 0.850. The first-order chi connectivity index (χ1) is 7.25. The molecule has 1 fully saturated rings. The molecule has 1 aromatic heterocycles. The van der Waals surface area contributed by atoms with Gasteiger partial charge in [-0.2, -0.15) is 11.3 Å². The van der Waals surface area contributed by atoms with Gasteiger partial charge in [0.2, 0.25) is 0 Å². The Kier molecular flexibility index (Phi) is 3.78. The summed E-state index contributed by atoms with van der Waals surface area (Å²) in [5.74, 6) is 0. The molecule has 1 aliphatic heterocycles. The number of nitrogens with one attached hydrogen (secondary N) is 1. The van der Waals surface area contributed by atoms with Gasteiger partial charge in [-0.05, 0) is 49.1 Å². The molecule has 2 heterocycles. The molecule has 1 saturated heterocycles. The molecule has 0 amide bonds. The lowest BCUT2D eigenvalue weighted by atomic mass is 10.1. The van der Waals surface area contributed by atoms with Crippen LogP contribution in [0.4, 0.5) is 0 Å². The van der Waals surface area contributed by atoms with Crippen LogP contribution in [-0.4, -0.2) is 24.8 Å². The summed E-state index contributed by atoms with van der Waals surface area (Å²) in [5, 5.41) is 8.02. The molecule has 84 valence electrons. The summed E-state index contributed by atoms with van der Waals surface area (Å²) in [5.41, 5.74) is 1.44. The molecular weight excluding hydrogens is 206 g/mol. The highest BCUT2D eigenvalue weighted by molar-refractivity contribution is 7.07. The van der Waals surface area contributed by atoms with Crippen LogP contribution in [0.3, 0.4) is 0 Å². The Bertz CT molecular complexity index is 286. The van der Waals surface area contributed by atoms with E-state index in [1.54, 1.807) is 11.3 Å². The van der Waals surface area contributed by atoms with E-state index in [1.807, 2.05) is 0 Å². The first kappa shape index (κ1) is 11.1. The van der Waals surface area contributed by atoms with Gasteiger partial charge in [-0.1, -0.05) is 0 Å². The van der Waals surface area contributed by atoms with E-state index < -0.39 is 0 Å². The summed E-state index contributed by atoms with van der Waals surface area (Å²) in [4.78, 5) is 0. The van der Waals surface area contributed by atoms with Crippen LogP contribution in [-0.2, 0) is 11.2 Å². The van der Waals surface area contributed by atoms with Gasteiger partial charge in [0.1, 0.15) is 0 Å². The van der Waals surface area contributed by atoms with Gasteiger partial charge in [-0.15, -0.1) is 0 Å². The third-order valence-electron chi connectivity index (χ3n) is 3.00. The summed E-state index contributed by atoms with van der Waals surface area (Å²) < 4.78 is 5.54. The second kappa shape index (κ2) is 5.10. The minimum atomic E-state index is 0.370. The van der Waals surface area contributed by atoms with Crippen molar-refractivity contribution in [2.75, 3.05) is 6.61 Å². The average molecular weight is 225 g/mol. The molecule has 15 heavy (non-hydrogen) atoms. The molecule has 0 aromatic carbocycles. The Labute approximate surface area is 95.6 Å². The van der Waals surface area contributed by atoms with Crippen LogP contribution < -0.4 is 5.32 Å². The Balaban J connectivity index is 1.79. The average Bonchev–Trinajstić information content (AvgIpc) is 2.79. The van der Waals surface area contributed by atoms with Crippen LogP contribution in [0.15, 0.2) is 16.8 Å². The predicted molar refractivity (Wildman–Crippen MR) is 64.4 cm³/mol. The minimum Gasteiger partial charge on any atom is -0.377 e. The van der Waals surface area contributed by atoms with Crippen molar-refractivity contribution < 1.29 is 4.74 Å². The number of rotatable bonds is 4. The lowest BCUT2D eigenvalue weighted by Crippen LogP contribution is -2.41. The fraction of sp³-hybridized carbons (Fsp3) is 0.667. The summed E-state index contributed by atoms with van der Waals surface area (Å²) in [6, 6.07) is 3.28. The molecule has 0 spiro atoms. The van der Waals surface area contributed by atoms with E-state index in [0.717, 1.165) is 19.4 Å². The van der Waals surface area contributed by atoms with Crippen LogP contribution in [0.2, 0.25) is 0 Å². The van der Waals surface area contributed by atoms with E-state index in [9.17, 15) is 0 Å². The first-order valence-corrected chi connectivity index (χ1v) is 6.58. The SMILES string of the molecule is CC(Cc1ccsc1)NC1CCOC1C. The smallest absolute Gasteiger partial charge is 0.0700 e. The van der Waals surface area contributed by atoms with Gasteiger partial charge >= 0.3 is 0 Å². The zero-order valence-electron chi connectivity index (χ0n) is 9.40. The van der Waals surface area contributed by atoms with E-state index in [4.69, 9.17) is 4.74 Å². The Morgan fingerprint density at radius 1 is 1.67 bits per heavy atom. The molecule has 1 N–H and O–H groups in total. The Morgan fingerprint density at radius 2 is 2.53 bits per heavy atom. The number of hydrogen-bond donors (Lipinski definition) is 1. The molecule has 2 nitrogen and oxygen atoms in total. The molecule has 1 aromatic rings. The van der Waals surface area contributed by atoms with Gasteiger partial charge in [0, 0.05) is 18.7 Å². The van der Waals surface area contributed by atoms with Crippen molar-refractivity contribution in [3.05, 3.63) is 22.4 Å². The topological polar surface area (TPSA) is 21.3 Å². The highest BCUT2D eigenvalue weighted by atomic mass is 32.1. The number of thiophene rings is 1. The molecule has 0 saturated carbocycles. The molecule has 1 aliphatic rings. The van der Waals surface area contributed by atoms with Crippen LogP contribution in [0.25, 0.3) is 0 Å². The molecular formula is C12H19NOS. The second-order valence-corrected chi connectivity index (χ2v) is 5.15. The molecule has 3 heteroatoms. The molecule has 0 aliphatic carbocycles. The molecule has 0 radical (unpaired) electrons. The Hall–Kier alpha value is -0.380. The van der Waals surface area contributed by atoms with Crippen molar-refractivity contribution in [2.45, 2.75) is 44.9 Å². The van der Waals surface area contributed by atoms with E-state index in [0.29, 0.717) is 18.2 Å².